The predicted molar refractivity (Wildman–Crippen MR) is 151 cm³/mol. The topological polar surface area (TPSA) is 73.9 Å². The lowest BCUT2D eigenvalue weighted by Crippen LogP contribution is -2.30. The third-order valence-corrected chi connectivity index (χ3v) is 6.90. The Labute approximate surface area is 209 Å². The van der Waals surface area contributed by atoms with Crippen LogP contribution >= 0.6 is 0 Å². The van der Waals surface area contributed by atoms with E-state index in [0.29, 0.717) is 11.0 Å². The van der Waals surface area contributed by atoms with E-state index < -0.39 is 7.12 Å². The van der Waals surface area contributed by atoms with Gasteiger partial charge in [0.15, 0.2) is 0 Å². The molecule has 2 N–H and O–H groups in total. The number of nitrogens with zero attached hydrogens (tertiary/aromatic N) is 1. The molecule has 5 nitrogen and oxygen atoms in total. The predicted octanol–water partition coefficient (Wildman–Crippen LogP) is 5.21. The average Bonchev–Trinajstić information content (AvgIpc) is 2.88. The summed E-state index contributed by atoms with van der Waals surface area (Å²) < 4.78 is 5.24. The summed E-state index contributed by atoms with van der Waals surface area (Å²) in [5, 5.41) is 26.7. The van der Waals surface area contributed by atoms with Crippen LogP contribution in [0.25, 0.3) is 43.3 Å². The minimum absolute atomic E-state index is 0.285. The molecule has 0 unspecified atom stereocenters. The number of rotatable bonds is 4. The summed E-state index contributed by atoms with van der Waals surface area (Å²) in [6.07, 6.45) is 0. The minimum Gasteiger partial charge on any atom is -0.423 e. The zero-order valence-electron chi connectivity index (χ0n) is 20.7. The summed E-state index contributed by atoms with van der Waals surface area (Å²) in [5.41, 5.74) is 3.00. The van der Waals surface area contributed by atoms with Gasteiger partial charge in [0.1, 0.15) is 5.58 Å². The molecule has 0 amide bonds. The van der Waals surface area contributed by atoms with Crippen LogP contribution in [-0.2, 0) is 0 Å². The normalized spacial score (nSPS) is 11.2. The first-order valence-corrected chi connectivity index (χ1v) is 12.2. The molecule has 0 radical (unpaired) electrons. The van der Waals surface area contributed by atoms with Crippen LogP contribution in [0, 0.1) is 6.92 Å². The summed E-state index contributed by atoms with van der Waals surface area (Å²) >= 11 is 0. The fourth-order valence-corrected chi connectivity index (χ4v) is 5.08. The highest BCUT2D eigenvalue weighted by atomic mass is 16.4. The molecule has 1 aromatic heterocycles. The third-order valence-electron chi connectivity index (χ3n) is 6.90. The molecule has 0 bridgehead atoms. The average molecular weight is 477 g/mol. The van der Waals surface area contributed by atoms with Gasteiger partial charge in [0.25, 0.3) is 0 Å². The lowest BCUT2D eigenvalue weighted by atomic mass is 9.75. The Morgan fingerprint density at radius 2 is 1.39 bits per heavy atom. The van der Waals surface area contributed by atoms with Gasteiger partial charge in [-0.3, -0.25) is 0 Å². The molecule has 6 heteroatoms. The second-order valence-corrected chi connectivity index (χ2v) is 8.99. The second kappa shape index (κ2) is 9.65. The van der Waals surface area contributed by atoms with Crippen LogP contribution in [0.15, 0.2) is 88.1 Å². The lowest BCUT2D eigenvalue weighted by molar-refractivity contribution is 0.426. The van der Waals surface area contributed by atoms with Crippen LogP contribution in [0.1, 0.15) is 19.4 Å². The van der Waals surface area contributed by atoms with Crippen molar-refractivity contribution in [3.05, 3.63) is 94.8 Å². The van der Waals surface area contributed by atoms with Crippen LogP contribution in [0.2, 0.25) is 0 Å². The van der Waals surface area contributed by atoms with Crippen LogP contribution in [0.5, 0.6) is 0 Å². The fourth-order valence-electron chi connectivity index (χ4n) is 5.08. The number of fused-ring (bicyclic) bond motifs is 1. The number of anilines is 1. The van der Waals surface area contributed by atoms with Gasteiger partial charge in [-0.1, -0.05) is 54.6 Å². The van der Waals surface area contributed by atoms with Gasteiger partial charge >= 0.3 is 12.7 Å². The molecule has 36 heavy (non-hydrogen) atoms. The SMILES string of the molecule is CCN(CC)c1ccc2c(C)cc(=O)oc2c1.OB(O)c1ccc2ccc3cccc4ccc1c2c34. The Bertz CT molecular complexity index is 1720. The molecule has 0 aliphatic rings. The molecule has 1 heterocycles. The highest BCUT2D eigenvalue weighted by Crippen LogP contribution is 2.33. The number of benzene rings is 5. The molecule has 0 saturated heterocycles. The van der Waals surface area contributed by atoms with Crippen molar-refractivity contribution in [3.8, 4) is 0 Å². The Hall–Kier alpha value is -3.87. The Morgan fingerprint density at radius 1 is 0.778 bits per heavy atom. The highest BCUT2D eigenvalue weighted by Gasteiger charge is 2.17. The summed E-state index contributed by atoms with van der Waals surface area (Å²) in [5.74, 6) is 0. The zero-order valence-corrected chi connectivity index (χ0v) is 20.7. The van der Waals surface area contributed by atoms with Gasteiger partial charge in [-0.15, -0.1) is 0 Å². The zero-order chi connectivity index (χ0) is 25.4. The van der Waals surface area contributed by atoms with Gasteiger partial charge < -0.3 is 19.4 Å². The Morgan fingerprint density at radius 3 is 2.06 bits per heavy atom. The molecule has 0 saturated carbocycles. The third kappa shape index (κ3) is 4.19. The van der Waals surface area contributed by atoms with E-state index in [1.54, 1.807) is 6.07 Å². The van der Waals surface area contributed by atoms with E-state index in [1.807, 2.05) is 43.3 Å². The van der Waals surface area contributed by atoms with Gasteiger partial charge in [-0.05, 0) is 76.2 Å². The first kappa shape index (κ1) is 23.9. The van der Waals surface area contributed by atoms with Crippen molar-refractivity contribution >= 4 is 61.6 Å². The van der Waals surface area contributed by atoms with Gasteiger partial charge in [0.2, 0.25) is 0 Å². The molecule has 5 aromatic carbocycles. The van der Waals surface area contributed by atoms with Crippen molar-refractivity contribution in [2.75, 3.05) is 18.0 Å². The van der Waals surface area contributed by atoms with Crippen molar-refractivity contribution in [2.45, 2.75) is 20.8 Å². The molecular weight excluding hydrogens is 449 g/mol. The highest BCUT2D eigenvalue weighted by molar-refractivity contribution is 6.62. The maximum atomic E-state index is 11.3. The largest absolute Gasteiger partial charge is 0.489 e. The first-order chi connectivity index (χ1) is 17.4. The summed E-state index contributed by atoms with van der Waals surface area (Å²) in [6.45, 7) is 8.03. The van der Waals surface area contributed by atoms with Crippen molar-refractivity contribution in [2.24, 2.45) is 0 Å². The smallest absolute Gasteiger partial charge is 0.423 e. The van der Waals surface area contributed by atoms with Crippen molar-refractivity contribution < 1.29 is 14.5 Å². The van der Waals surface area contributed by atoms with Gasteiger partial charge in [-0.25, -0.2) is 4.79 Å². The van der Waals surface area contributed by atoms with Crippen LogP contribution in [0.4, 0.5) is 5.69 Å². The summed E-state index contributed by atoms with van der Waals surface area (Å²) in [4.78, 5) is 13.6. The van der Waals surface area contributed by atoms with E-state index in [1.165, 1.54) is 22.2 Å². The maximum absolute atomic E-state index is 11.3. The molecule has 0 aliphatic carbocycles. The standard InChI is InChI=1S/C16H11BO2.C14H17NO2/c18-17(19)14-9-7-12-5-4-10-2-1-3-11-6-8-13(14)16(12)15(10)11;1-4-15(5-2)11-6-7-12-10(3)8-14(16)17-13(12)9-11/h1-9,18-19H;6-9H,4-5H2,1-3H3. The Kier molecular flexibility index (Phi) is 6.39. The molecule has 0 atom stereocenters. The monoisotopic (exact) mass is 477 g/mol. The molecular formula is C30H28BNO4. The van der Waals surface area contributed by atoms with Crippen molar-refractivity contribution in [3.63, 3.8) is 0 Å². The summed E-state index contributed by atoms with van der Waals surface area (Å²) in [6, 6.07) is 25.7. The quantitative estimate of drug-likeness (QED) is 0.207. The van der Waals surface area contributed by atoms with Crippen LogP contribution < -0.4 is 16.0 Å². The van der Waals surface area contributed by atoms with Crippen molar-refractivity contribution in [1.82, 2.24) is 0 Å². The Balaban J connectivity index is 0.000000149. The molecule has 6 rings (SSSR count). The number of aryl methyl sites for hydroxylation is 1. The van der Waals surface area contributed by atoms with Gasteiger partial charge in [0, 0.05) is 36.3 Å². The minimum atomic E-state index is -1.44. The molecule has 0 aliphatic heterocycles. The molecule has 6 aromatic rings. The number of hydrogen-bond acceptors (Lipinski definition) is 5. The van der Waals surface area contributed by atoms with E-state index in [-0.39, 0.29) is 5.63 Å². The molecule has 180 valence electrons. The fraction of sp³-hybridized carbons (Fsp3) is 0.167. The number of hydrogen-bond donors (Lipinski definition) is 2. The second-order valence-electron chi connectivity index (χ2n) is 8.99. The van der Waals surface area contributed by atoms with Crippen molar-refractivity contribution in [1.29, 1.82) is 0 Å². The van der Waals surface area contributed by atoms with Gasteiger partial charge in [-0.2, -0.15) is 0 Å². The van der Waals surface area contributed by atoms with Gasteiger partial charge in [0.05, 0.1) is 0 Å². The van der Waals surface area contributed by atoms with Crippen LogP contribution in [-0.4, -0.2) is 30.3 Å². The lowest BCUT2D eigenvalue weighted by Gasteiger charge is -2.21. The van der Waals surface area contributed by atoms with E-state index in [0.717, 1.165) is 45.9 Å². The van der Waals surface area contributed by atoms with Crippen LogP contribution in [0.3, 0.4) is 0 Å². The van der Waals surface area contributed by atoms with E-state index in [4.69, 9.17) is 4.42 Å². The molecule has 0 spiro atoms. The molecule has 0 fully saturated rings. The first-order valence-electron chi connectivity index (χ1n) is 12.2. The summed E-state index contributed by atoms with van der Waals surface area (Å²) in [7, 11) is -1.44. The van der Waals surface area contributed by atoms with E-state index in [2.05, 4.69) is 49.1 Å². The maximum Gasteiger partial charge on any atom is 0.489 e. The van der Waals surface area contributed by atoms with E-state index >= 15 is 0 Å². The van der Waals surface area contributed by atoms with E-state index in [9.17, 15) is 14.8 Å².